The number of amidine groups is 1. The third kappa shape index (κ3) is 6.30. The summed E-state index contributed by atoms with van der Waals surface area (Å²) in [6.07, 6.45) is 1.88. The van der Waals surface area contributed by atoms with E-state index in [1.165, 1.54) is 0 Å². The molecule has 0 fully saturated rings. The highest BCUT2D eigenvalue weighted by molar-refractivity contribution is 5.85. The van der Waals surface area contributed by atoms with E-state index in [0.717, 1.165) is 32.5 Å². The van der Waals surface area contributed by atoms with Crippen molar-refractivity contribution in [2.45, 2.75) is 26.7 Å². The fourth-order valence-corrected chi connectivity index (χ4v) is 1.22. The Morgan fingerprint density at radius 3 is 2.67 bits per heavy atom. The maximum absolute atomic E-state index is 8.57. The zero-order valence-corrected chi connectivity index (χ0v) is 9.92. The van der Waals surface area contributed by atoms with Gasteiger partial charge in [0.05, 0.1) is 6.61 Å². The van der Waals surface area contributed by atoms with Crippen molar-refractivity contribution >= 4 is 5.84 Å². The van der Waals surface area contributed by atoms with Crippen molar-refractivity contribution in [2.24, 2.45) is 16.3 Å². The highest BCUT2D eigenvalue weighted by Crippen LogP contribution is 2.21. The van der Waals surface area contributed by atoms with Gasteiger partial charge in [-0.1, -0.05) is 19.0 Å². The summed E-state index contributed by atoms with van der Waals surface area (Å²) in [6.45, 7) is 6.45. The van der Waals surface area contributed by atoms with Crippen molar-refractivity contribution in [2.75, 3.05) is 26.8 Å². The Bertz CT molecular complexity index is 193. The Kier molecular flexibility index (Phi) is 7.07. The summed E-state index contributed by atoms with van der Waals surface area (Å²) >= 11 is 0. The summed E-state index contributed by atoms with van der Waals surface area (Å²) in [6, 6.07) is 0. The lowest BCUT2D eigenvalue weighted by molar-refractivity contribution is 0.199. The molecule has 0 bridgehead atoms. The molecule has 5 nitrogen and oxygen atoms in total. The molecule has 0 aromatic heterocycles. The van der Waals surface area contributed by atoms with E-state index in [2.05, 4.69) is 10.5 Å². The van der Waals surface area contributed by atoms with E-state index in [4.69, 9.17) is 15.7 Å². The van der Waals surface area contributed by atoms with E-state index in [1.54, 1.807) is 7.11 Å². The molecule has 0 atom stereocenters. The first kappa shape index (κ1) is 14.2. The monoisotopic (exact) mass is 217 g/mol. The molecule has 0 aromatic rings. The van der Waals surface area contributed by atoms with E-state index in [1.807, 2.05) is 13.8 Å². The van der Waals surface area contributed by atoms with Crippen LogP contribution in [0.15, 0.2) is 5.16 Å². The molecule has 90 valence electrons. The van der Waals surface area contributed by atoms with Gasteiger partial charge in [-0.25, -0.2) is 0 Å². The topological polar surface area (TPSA) is 79.9 Å². The average molecular weight is 217 g/mol. The Morgan fingerprint density at radius 2 is 2.13 bits per heavy atom. The van der Waals surface area contributed by atoms with E-state index in [0.29, 0.717) is 5.84 Å². The zero-order chi connectivity index (χ0) is 11.7. The lowest BCUT2D eigenvalue weighted by Crippen LogP contribution is -2.33. The minimum Gasteiger partial charge on any atom is -0.409 e. The molecule has 0 aliphatic heterocycles. The molecule has 0 aliphatic rings. The fraction of sp³-hybridized carbons (Fsp3) is 0.900. The molecule has 0 saturated heterocycles. The van der Waals surface area contributed by atoms with Gasteiger partial charge in [0.15, 0.2) is 0 Å². The first-order chi connectivity index (χ1) is 7.04. The number of nitrogens with two attached hydrogens (primary N) is 1. The molecular formula is C10H23N3O2. The molecular weight excluding hydrogens is 194 g/mol. The van der Waals surface area contributed by atoms with Crippen LogP contribution in [0.4, 0.5) is 0 Å². The summed E-state index contributed by atoms with van der Waals surface area (Å²) in [4.78, 5) is 0. The molecule has 0 unspecified atom stereocenters. The number of nitrogens with zero attached hydrogens (tertiary/aromatic N) is 1. The van der Waals surface area contributed by atoms with Gasteiger partial charge in [-0.15, -0.1) is 0 Å². The summed E-state index contributed by atoms with van der Waals surface area (Å²) in [5.41, 5.74) is 5.33. The zero-order valence-electron chi connectivity index (χ0n) is 9.92. The maximum atomic E-state index is 8.57. The Labute approximate surface area is 91.7 Å². The van der Waals surface area contributed by atoms with Crippen LogP contribution in [0.2, 0.25) is 0 Å². The van der Waals surface area contributed by atoms with Crippen LogP contribution in [0, 0.1) is 5.41 Å². The van der Waals surface area contributed by atoms with Crippen LogP contribution in [0.5, 0.6) is 0 Å². The summed E-state index contributed by atoms with van der Waals surface area (Å²) in [5, 5.41) is 14.9. The number of ether oxygens (including phenoxy) is 1. The first-order valence-corrected chi connectivity index (χ1v) is 5.22. The summed E-state index contributed by atoms with van der Waals surface area (Å²) < 4.78 is 4.91. The molecule has 0 amide bonds. The molecule has 0 aliphatic carbocycles. The first-order valence-electron chi connectivity index (χ1n) is 5.22. The van der Waals surface area contributed by atoms with E-state index in [-0.39, 0.29) is 5.41 Å². The van der Waals surface area contributed by atoms with Gasteiger partial charge >= 0.3 is 0 Å². The van der Waals surface area contributed by atoms with E-state index >= 15 is 0 Å². The van der Waals surface area contributed by atoms with E-state index in [9.17, 15) is 0 Å². The summed E-state index contributed by atoms with van der Waals surface area (Å²) in [7, 11) is 1.68. The van der Waals surface area contributed by atoms with Gasteiger partial charge in [0.2, 0.25) is 0 Å². The Morgan fingerprint density at radius 1 is 1.47 bits per heavy atom. The van der Waals surface area contributed by atoms with Gasteiger partial charge in [-0.2, -0.15) is 0 Å². The van der Waals surface area contributed by atoms with Crippen molar-refractivity contribution in [1.29, 1.82) is 0 Å². The predicted molar refractivity (Wildman–Crippen MR) is 61.2 cm³/mol. The molecule has 0 spiro atoms. The van der Waals surface area contributed by atoms with Crippen molar-refractivity contribution < 1.29 is 9.94 Å². The third-order valence-corrected chi connectivity index (χ3v) is 2.44. The van der Waals surface area contributed by atoms with Gasteiger partial charge in [0.25, 0.3) is 0 Å². The van der Waals surface area contributed by atoms with Crippen LogP contribution in [0.25, 0.3) is 0 Å². The highest BCUT2D eigenvalue weighted by atomic mass is 16.5. The van der Waals surface area contributed by atoms with Gasteiger partial charge in [0, 0.05) is 19.1 Å². The molecule has 4 N–H and O–H groups in total. The second kappa shape index (κ2) is 7.48. The number of hydrogen-bond acceptors (Lipinski definition) is 4. The van der Waals surface area contributed by atoms with Crippen LogP contribution in [-0.2, 0) is 4.74 Å². The van der Waals surface area contributed by atoms with Crippen LogP contribution in [0.3, 0.4) is 0 Å². The Balaban J connectivity index is 3.58. The second-order valence-corrected chi connectivity index (χ2v) is 4.22. The van der Waals surface area contributed by atoms with Crippen LogP contribution < -0.4 is 11.1 Å². The molecule has 5 heteroatoms. The lowest BCUT2D eigenvalue weighted by Gasteiger charge is -2.22. The van der Waals surface area contributed by atoms with Crippen molar-refractivity contribution in [3.8, 4) is 0 Å². The number of hydrogen-bond donors (Lipinski definition) is 3. The minimum absolute atomic E-state index is 0.238. The van der Waals surface area contributed by atoms with Gasteiger partial charge < -0.3 is 21.0 Å². The molecule has 0 heterocycles. The van der Waals surface area contributed by atoms with Gasteiger partial charge in [-0.3, -0.25) is 0 Å². The molecule has 0 radical (unpaired) electrons. The second-order valence-electron chi connectivity index (χ2n) is 4.22. The minimum atomic E-state index is -0.238. The highest BCUT2D eigenvalue weighted by Gasteiger charge is 2.22. The normalized spacial score (nSPS) is 13.1. The largest absolute Gasteiger partial charge is 0.409 e. The third-order valence-electron chi connectivity index (χ3n) is 2.44. The van der Waals surface area contributed by atoms with Gasteiger partial charge in [0.1, 0.15) is 5.84 Å². The van der Waals surface area contributed by atoms with E-state index < -0.39 is 0 Å². The smallest absolute Gasteiger partial charge is 0.144 e. The van der Waals surface area contributed by atoms with Crippen LogP contribution in [-0.4, -0.2) is 37.8 Å². The van der Waals surface area contributed by atoms with Crippen LogP contribution in [0.1, 0.15) is 26.7 Å². The fourth-order valence-electron chi connectivity index (χ4n) is 1.22. The Hall–Kier alpha value is -0.810. The quantitative estimate of drug-likeness (QED) is 0.184. The SMILES string of the molecule is COCCNCCCC(C)(C)C(N)=NO. The van der Waals surface area contributed by atoms with Crippen LogP contribution >= 0.6 is 0 Å². The molecule has 0 aromatic carbocycles. The summed E-state index contributed by atoms with van der Waals surface area (Å²) in [5.74, 6) is 0.291. The standard InChI is InChI=1S/C10H23N3O2/c1-10(2,9(11)13-14)5-4-6-12-7-8-15-3/h12,14H,4-8H2,1-3H3,(H2,11,13). The van der Waals surface area contributed by atoms with Crippen molar-refractivity contribution in [3.05, 3.63) is 0 Å². The molecule has 0 saturated carbocycles. The van der Waals surface area contributed by atoms with Crippen molar-refractivity contribution in [1.82, 2.24) is 5.32 Å². The predicted octanol–water partition coefficient (Wildman–Crippen LogP) is 0.775. The lowest BCUT2D eigenvalue weighted by atomic mass is 9.86. The maximum Gasteiger partial charge on any atom is 0.144 e. The average Bonchev–Trinajstić information content (AvgIpc) is 2.22. The van der Waals surface area contributed by atoms with Crippen molar-refractivity contribution in [3.63, 3.8) is 0 Å². The molecule has 0 rings (SSSR count). The molecule has 15 heavy (non-hydrogen) atoms. The number of oxime groups is 1. The number of rotatable bonds is 8. The number of methoxy groups -OCH3 is 1. The number of nitrogens with one attached hydrogen (secondary N) is 1. The van der Waals surface area contributed by atoms with Gasteiger partial charge in [-0.05, 0) is 19.4 Å².